The van der Waals surface area contributed by atoms with Crippen LogP contribution in [0.1, 0.15) is 31.7 Å². The number of hydrogen-bond acceptors (Lipinski definition) is 3. The predicted octanol–water partition coefficient (Wildman–Crippen LogP) is 2.08. The second-order valence-corrected chi connectivity index (χ2v) is 4.62. The zero-order chi connectivity index (χ0) is 14.1. The van der Waals surface area contributed by atoms with Crippen molar-refractivity contribution >= 4 is 11.6 Å². The summed E-state index contributed by atoms with van der Waals surface area (Å²) < 4.78 is 4.97. The van der Waals surface area contributed by atoms with Gasteiger partial charge in [-0.1, -0.05) is 26.0 Å². The number of nitrogens with zero attached hydrogens (tertiary/aromatic N) is 1. The minimum atomic E-state index is 0.531. The Kier molecular flexibility index (Phi) is 6.92. The van der Waals surface area contributed by atoms with E-state index in [1.807, 2.05) is 12.1 Å². The monoisotopic (exact) mass is 264 g/mol. The summed E-state index contributed by atoms with van der Waals surface area (Å²) >= 11 is 0. The first-order valence-corrected chi connectivity index (χ1v) is 6.54. The number of rotatable bonds is 6. The van der Waals surface area contributed by atoms with Crippen molar-refractivity contribution in [1.29, 1.82) is 0 Å². The number of benzene rings is 1. The van der Waals surface area contributed by atoms with Crippen LogP contribution in [0.2, 0.25) is 0 Å². The fourth-order valence-corrected chi connectivity index (χ4v) is 1.61. The molecule has 1 rings (SSSR count). The molecule has 0 saturated heterocycles. The van der Waals surface area contributed by atoms with Crippen LogP contribution < -0.4 is 16.6 Å². The molecule has 0 spiro atoms. The van der Waals surface area contributed by atoms with Gasteiger partial charge in [-0.3, -0.25) is 10.4 Å². The van der Waals surface area contributed by atoms with E-state index in [1.54, 1.807) is 7.11 Å². The number of guanidine groups is 1. The molecule has 0 atom stereocenters. The van der Waals surface area contributed by atoms with Gasteiger partial charge in [-0.2, -0.15) is 0 Å². The predicted molar refractivity (Wildman–Crippen MR) is 80.3 cm³/mol. The van der Waals surface area contributed by atoms with Crippen LogP contribution in [-0.2, 0) is 4.74 Å². The first kappa shape index (κ1) is 15.5. The molecule has 0 radical (unpaired) electrons. The Bertz CT molecular complexity index is 387. The second-order valence-electron chi connectivity index (χ2n) is 4.62. The van der Waals surface area contributed by atoms with Crippen LogP contribution in [0.5, 0.6) is 0 Å². The average Bonchev–Trinajstić information content (AvgIpc) is 2.42. The number of ether oxygens (including phenoxy) is 1. The summed E-state index contributed by atoms with van der Waals surface area (Å²) in [4.78, 5) is 4.32. The molecule has 5 nitrogen and oxygen atoms in total. The Balaban J connectivity index is 2.55. The molecule has 0 bridgehead atoms. The van der Waals surface area contributed by atoms with E-state index in [9.17, 15) is 0 Å². The Hall–Kier alpha value is -1.59. The second kappa shape index (κ2) is 8.50. The van der Waals surface area contributed by atoms with Gasteiger partial charge in [0, 0.05) is 25.9 Å². The van der Waals surface area contributed by atoms with Gasteiger partial charge in [0.25, 0.3) is 0 Å². The van der Waals surface area contributed by atoms with Crippen molar-refractivity contribution in [2.24, 2.45) is 10.8 Å². The maximum atomic E-state index is 5.44. The zero-order valence-corrected chi connectivity index (χ0v) is 11.9. The largest absolute Gasteiger partial charge is 0.385 e. The first-order chi connectivity index (χ1) is 9.17. The molecule has 0 fully saturated rings. The van der Waals surface area contributed by atoms with E-state index in [1.165, 1.54) is 5.56 Å². The van der Waals surface area contributed by atoms with Crippen molar-refractivity contribution in [2.75, 3.05) is 25.6 Å². The van der Waals surface area contributed by atoms with Crippen molar-refractivity contribution < 1.29 is 4.74 Å². The Morgan fingerprint density at radius 1 is 1.32 bits per heavy atom. The number of hydrogen-bond donors (Lipinski definition) is 3. The molecule has 0 unspecified atom stereocenters. The van der Waals surface area contributed by atoms with Crippen molar-refractivity contribution in [1.82, 2.24) is 5.43 Å². The fraction of sp³-hybridized carbons (Fsp3) is 0.500. The van der Waals surface area contributed by atoms with Crippen molar-refractivity contribution in [2.45, 2.75) is 26.2 Å². The summed E-state index contributed by atoms with van der Waals surface area (Å²) in [5, 5.41) is 3.14. The van der Waals surface area contributed by atoms with E-state index in [0.29, 0.717) is 25.0 Å². The molecule has 0 aliphatic carbocycles. The number of hydrazine groups is 1. The van der Waals surface area contributed by atoms with Crippen LogP contribution in [-0.4, -0.2) is 26.2 Å². The van der Waals surface area contributed by atoms with E-state index in [-0.39, 0.29) is 0 Å². The lowest BCUT2D eigenvalue weighted by atomic mass is 10.0. The maximum Gasteiger partial charge on any atom is 0.210 e. The van der Waals surface area contributed by atoms with Gasteiger partial charge in [-0.15, -0.1) is 0 Å². The first-order valence-electron chi connectivity index (χ1n) is 6.54. The molecular weight excluding hydrogens is 240 g/mol. The SMILES string of the molecule is COCCCN=C(NN)Nc1ccc(C(C)C)cc1. The minimum Gasteiger partial charge on any atom is -0.385 e. The lowest BCUT2D eigenvalue weighted by molar-refractivity contribution is 0.197. The van der Waals surface area contributed by atoms with Crippen LogP contribution in [0.3, 0.4) is 0 Å². The van der Waals surface area contributed by atoms with Gasteiger partial charge in [0.15, 0.2) is 0 Å². The fourth-order valence-electron chi connectivity index (χ4n) is 1.61. The lowest BCUT2D eigenvalue weighted by Crippen LogP contribution is -2.36. The quantitative estimate of drug-likeness (QED) is 0.242. The number of aliphatic imine (C=N–C) groups is 1. The Morgan fingerprint density at radius 3 is 2.53 bits per heavy atom. The average molecular weight is 264 g/mol. The van der Waals surface area contributed by atoms with Gasteiger partial charge < -0.3 is 10.1 Å². The third-order valence-electron chi connectivity index (χ3n) is 2.75. The third kappa shape index (κ3) is 5.72. The summed E-state index contributed by atoms with van der Waals surface area (Å²) in [7, 11) is 1.68. The van der Waals surface area contributed by atoms with Crippen LogP contribution in [0.15, 0.2) is 29.3 Å². The molecule has 5 heteroatoms. The van der Waals surface area contributed by atoms with Gasteiger partial charge in [-0.25, -0.2) is 5.84 Å². The molecule has 0 aliphatic rings. The molecule has 0 amide bonds. The molecule has 4 N–H and O–H groups in total. The molecule has 0 saturated carbocycles. The Morgan fingerprint density at radius 2 is 2.00 bits per heavy atom. The van der Waals surface area contributed by atoms with E-state index in [4.69, 9.17) is 10.6 Å². The molecular formula is C14H24N4O. The van der Waals surface area contributed by atoms with Gasteiger partial charge in [0.2, 0.25) is 5.96 Å². The highest BCUT2D eigenvalue weighted by Gasteiger charge is 2.00. The smallest absolute Gasteiger partial charge is 0.210 e. The van der Waals surface area contributed by atoms with Gasteiger partial charge >= 0.3 is 0 Å². The molecule has 1 aromatic rings. The van der Waals surface area contributed by atoms with Gasteiger partial charge in [0.1, 0.15) is 0 Å². The summed E-state index contributed by atoms with van der Waals surface area (Å²) in [5.41, 5.74) is 4.84. The van der Waals surface area contributed by atoms with E-state index < -0.39 is 0 Å². The summed E-state index contributed by atoms with van der Waals surface area (Å²) in [6, 6.07) is 8.26. The zero-order valence-electron chi connectivity index (χ0n) is 11.9. The van der Waals surface area contributed by atoms with Crippen LogP contribution >= 0.6 is 0 Å². The minimum absolute atomic E-state index is 0.531. The van der Waals surface area contributed by atoms with E-state index in [0.717, 1.165) is 12.1 Å². The highest BCUT2D eigenvalue weighted by atomic mass is 16.5. The summed E-state index contributed by atoms with van der Waals surface area (Å²) in [5.74, 6) is 6.53. The van der Waals surface area contributed by atoms with Crippen molar-refractivity contribution in [3.8, 4) is 0 Å². The topological polar surface area (TPSA) is 71.7 Å². The number of nitrogens with one attached hydrogen (secondary N) is 2. The Labute approximate surface area is 115 Å². The van der Waals surface area contributed by atoms with E-state index in [2.05, 4.69) is 41.7 Å². The number of anilines is 1. The number of nitrogens with two attached hydrogens (primary N) is 1. The van der Waals surface area contributed by atoms with Crippen molar-refractivity contribution in [3.05, 3.63) is 29.8 Å². The molecule has 0 heterocycles. The third-order valence-corrected chi connectivity index (χ3v) is 2.75. The van der Waals surface area contributed by atoms with Crippen LogP contribution in [0.4, 0.5) is 5.69 Å². The van der Waals surface area contributed by atoms with E-state index >= 15 is 0 Å². The standard InChI is InChI=1S/C14H24N4O/c1-11(2)12-5-7-13(8-6-12)17-14(18-15)16-9-4-10-19-3/h5-8,11H,4,9-10,15H2,1-3H3,(H2,16,17,18). The summed E-state index contributed by atoms with van der Waals surface area (Å²) in [6.07, 6.45) is 0.871. The molecule has 106 valence electrons. The van der Waals surface area contributed by atoms with Crippen LogP contribution in [0.25, 0.3) is 0 Å². The molecule has 1 aromatic carbocycles. The van der Waals surface area contributed by atoms with Gasteiger partial charge in [0.05, 0.1) is 0 Å². The van der Waals surface area contributed by atoms with Gasteiger partial charge in [-0.05, 0) is 30.0 Å². The molecule has 0 aromatic heterocycles. The highest BCUT2D eigenvalue weighted by Crippen LogP contribution is 2.16. The molecule has 0 aliphatic heterocycles. The normalized spacial score (nSPS) is 11.7. The van der Waals surface area contributed by atoms with Crippen molar-refractivity contribution in [3.63, 3.8) is 0 Å². The number of methoxy groups -OCH3 is 1. The van der Waals surface area contributed by atoms with Crippen LogP contribution in [0, 0.1) is 0 Å². The molecule has 19 heavy (non-hydrogen) atoms. The highest BCUT2D eigenvalue weighted by molar-refractivity contribution is 5.93. The lowest BCUT2D eigenvalue weighted by Gasteiger charge is -2.11. The summed E-state index contributed by atoms with van der Waals surface area (Å²) in [6.45, 7) is 5.72. The maximum absolute atomic E-state index is 5.44.